The maximum absolute atomic E-state index is 11.1. The number of nitrogens with one attached hydrogen (secondary N) is 1. The zero-order valence-electron chi connectivity index (χ0n) is 6.40. The van der Waals surface area contributed by atoms with Crippen molar-refractivity contribution < 1.29 is 9.84 Å². The molecule has 1 aromatic rings. The Morgan fingerprint density at radius 1 is 1.67 bits per heavy atom. The number of aromatic amines is 1. The molecule has 66 valence electrons. The first-order valence-electron chi connectivity index (χ1n) is 3.18. The molecule has 1 rings (SSSR count). The van der Waals surface area contributed by atoms with Crippen LogP contribution in [0.1, 0.15) is 0 Å². The van der Waals surface area contributed by atoms with Crippen LogP contribution in [0.3, 0.4) is 0 Å². The first kappa shape index (κ1) is 8.54. The van der Waals surface area contributed by atoms with E-state index in [0.717, 1.165) is 6.20 Å². The molecular weight excluding hydrogens is 164 g/mol. The summed E-state index contributed by atoms with van der Waals surface area (Å²) >= 11 is 0. The Morgan fingerprint density at radius 2 is 2.33 bits per heavy atom. The molecule has 0 aliphatic heterocycles. The lowest BCUT2D eigenvalue weighted by molar-refractivity contribution is 0.197. The number of hydrogen-bond acceptors (Lipinski definition) is 4. The number of rotatable bonds is 2. The van der Waals surface area contributed by atoms with Gasteiger partial charge in [0.2, 0.25) is 5.75 Å². The molecule has 2 N–H and O–H groups in total. The second-order valence-corrected chi connectivity index (χ2v) is 2.04. The normalized spacial score (nSPS) is 9.83. The summed E-state index contributed by atoms with van der Waals surface area (Å²) in [6.45, 7) is -0.661. The molecule has 0 amide bonds. The van der Waals surface area contributed by atoms with Crippen LogP contribution in [0.25, 0.3) is 0 Å². The molecule has 0 radical (unpaired) electrons. The minimum Gasteiger partial charge on any atom is -0.490 e. The predicted octanol–water partition coefficient (Wildman–Crippen LogP) is -1.51. The van der Waals surface area contributed by atoms with Gasteiger partial charge in [0.05, 0.1) is 13.3 Å². The number of ether oxygens (including phenoxy) is 1. The van der Waals surface area contributed by atoms with Crippen molar-refractivity contribution >= 4 is 0 Å². The third-order valence-corrected chi connectivity index (χ3v) is 1.39. The molecule has 0 atom stereocenters. The van der Waals surface area contributed by atoms with Crippen LogP contribution in [-0.4, -0.2) is 21.8 Å². The Morgan fingerprint density at radius 3 is 2.83 bits per heavy atom. The van der Waals surface area contributed by atoms with Gasteiger partial charge in [0.25, 0.3) is 5.56 Å². The summed E-state index contributed by atoms with van der Waals surface area (Å²) in [5.74, 6) is -0.0105. The van der Waals surface area contributed by atoms with E-state index < -0.39 is 18.0 Å². The van der Waals surface area contributed by atoms with Crippen LogP contribution in [0.5, 0.6) is 5.75 Å². The summed E-state index contributed by atoms with van der Waals surface area (Å²) in [6.07, 6.45) is 1.15. The van der Waals surface area contributed by atoms with Crippen LogP contribution in [0.15, 0.2) is 15.8 Å². The Kier molecular flexibility index (Phi) is 2.29. The summed E-state index contributed by atoms with van der Waals surface area (Å²) in [5.41, 5.74) is -1.31. The van der Waals surface area contributed by atoms with Gasteiger partial charge in [0.15, 0.2) is 0 Å². The molecule has 0 saturated heterocycles. The molecule has 1 heterocycles. The van der Waals surface area contributed by atoms with Crippen LogP contribution in [-0.2, 0) is 6.73 Å². The Hall–Kier alpha value is -1.56. The van der Waals surface area contributed by atoms with Crippen molar-refractivity contribution in [3.05, 3.63) is 27.0 Å². The molecule has 6 heteroatoms. The fraction of sp³-hybridized carbons (Fsp3) is 0.333. The number of methoxy groups -OCH3 is 1. The van der Waals surface area contributed by atoms with E-state index in [1.165, 1.54) is 7.11 Å². The highest BCUT2D eigenvalue weighted by atomic mass is 16.5. The van der Waals surface area contributed by atoms with Gasteiger partial charge >= 0.3 is 5.69 Å². The zero-order valence-corrected chi connectivity index (χ0v) is 6.40. The molecule has 0 unspecified atom stereocenters. The molecule has 0 aliphatic carbocycles. The van der Waals surface area contributed by atoms with Crippen LogP contribution < -0.4 is 16.0 Å². The van der Waals surface area contributed by atoms with Gasteiger partial charge in [-0.2, -0.15) is 0 Å². The van der Waals surface area contributed by atoms with E-state index in [0.29, 0.717) is 4.57 Å². The Bertz CT molecular complexity index is 378. The number of aliphatic hydroxyl groups is 1. The lowest BCUT2D eigenvalue weighted by Crippen LogP contribution is -2.35. The third-order valence-electron chi connectivity index (χ3n) is 1.39. The van der Waals surface area contributed by atoms with Crippen molar-refractivity contribution in [2.75, 3.05) is 7.11 Å². The van der Waals surface area contributed by atoms with Gasteiger partial charge in [-0.3, -0.25) is 4.79 Å². The molecule has 0 aromatic carbocycles. The van der Waals surface area contributed by atoms with E-state index in [2.05, 4.69) is 9.72 Å². The summed E-state index contributed by atoms with van der Waals surface area (Å²) in [7, 11) is 1.30. The molecule has 12 heavy (non-hydrogen) atoms. The van der Waals surface area contributed by atoms with Crippen molar-refractivity contribution in [1.82, 2.24) is 9.55 Å². The van der Waals surface area contributed by atoms with E-state index in [4.69, 9.17) is 5.11 Å². The van der Waals surface area contributed by atoms with Gasteiger partial charge in [0, 0.05) is 0 Å². The van der Waals surface area contributed by atoms with Crippen LogP contribution in [0.2, 0.25) is 0 Å². The average molecular weight is 172 g/mol. The largest absolute Gasteiger partial charge is 0.490 e. The topological polar surface area (TPSA) is 84.3 Å². The van der Waals surface area contributed by atoms with Gasteiger partial charge in [-0.25, -0.2) is 9.36 Å². The molecule has 0 aliphatic rings. The number of aromatic nitrogens is 2. The smallest absolute Gasteiger partial charge is 0.330 e. The minimum absolute atomic E-state index is 0.0105. The standard InChI is InChI=1S/C6H8N2O4/c1-12-4-2-7-6(11)8(3-9)5(4)10/h2,9H,3H2,1H3,(H,7,11). The summed E-state index contributed by atoms with van der Waals surface area (Å²) in [5, 5.41) is 8.61. The number of nitrogens with zero attached hydrogens (tertiary/aromatic N) is 1. The number of aliphatic hydroxyl groups excluding tert-OH is 1. The molecule has 6 nitrogen and oxygen atoms in total. The quantitative estimate of drug-likeness (QED) is 0.568. The van der Waals surface area contributed by atoms with Crippen molar-refractivity contribution in [2.24, 2.45) is 0 Å². The van der Waals surface area contributed by atoms with Crippen LogP contribution in [0, 0.1) is 0 Å². The van der Waals surface area contributed by atoms with E-state index in [1.807, 2.05) is 0 Å². The summed E-state index contributed by atoms with van der Waals surface area (Å²) in [6, 6.07) is 0. The maximum atomic E-state index is 11.1. The minimum atomic E-state index is -0.664. The summed E-state index contributed by atoms with van der Waals surface area (Å²) in [4.78, 5) is 24.2. The van der Waals surface area contributed by atoms with Gasteiger partial charge in [-0.05, 0) is 0 Å². The van der Waals surface area contributed by atoms with E-state index in [1.54, 1.807) is 0 Å². The maximum Gasteiger partial charge on any atom is 0.330 e. The Balaban J connectivity index is 3.45. The van der Waals surface area contributed by atoms with E-state index in [-0.39, 0.29) is 5.75 Å². The lowest BCUT2D eigenvalue weighted by Gasteiger charge is -2.01. The third kappa shape index (κ3) is 1.24. The van der Waals surface area contributed by atoms with Gasteiger partial charge in [0.1, 0.15) is 6.73 Å². The lowest BCUT2D eigenvalue weighted by atomic mass is 10.6. The second kappa shape index (κ2) is 3.22. The van der Waals surface area contributed by atoms with Gasteiger partial charge < -0.3 is 14.8 Å². The van der Waals surface area contributed by atoms with Crippen LogP contribution >= 0.6 is 0 Å². The van der Waals surface area contributed by atoms with Gasteiger partial charge in [-0.1, -0.05) is 0 Å². The van der Waals surface area contributed by atoms with Gasteiger partial charge in [-0.15, -0.1) is 0 Å². The van der Waals surface area contributed by atoms with Crippen molar-refractivity contribution in [2.45, 2.75) is 6.73 Å². The fourth-order valence-corrected chi connectivity index (χ4v) is 0.767. The molecular formula is C6H8N2O4. The highest BCUT2D eigenvalue weighted by Gasteiger charge is 2.04. The fourth-order valence-electron chi connectivity index (χ4n) is 0.767. The molecule has 0 spiro atoms. The zero-order chi connectivity index (χ0) is 9.14. The molecule has 0 bridgehead atoms. The number of hydrogen-bond donors (Lipinski definition) is 2. The van der Waals surface area contributed by atoms with Crippen LogP contribution in [0.4, 0.5) is 0 Å². The SMILES string of the molecule is COc1c[nH]c(=O)n(CO)c1=O. The van der Waals surface area contributed by atoms with Crippen molar-refractivity contribution in [3.8, 4) is 5.75 Å². The molecule has 0 fully saturated rings. The van der Waals surface area contributed by atoms with Crippen molar-refractivity contribution in [3.63, 3.8) is 0 Å². The number of H-pyrrole nitrogens is 1. The first-order valence-corrected chi connectivity index (χ1v) is 3.18. The highest BCUT2D eigenvalue weighted by molar-refractivity contribution is 5.11. The highest BCUT2D eigenvalue weighted by Crippen LogP contribution is 1.93. The second-order valence-electron chi connectivity index (χ2n) is 2.04. The molecule has 0 saturated carbocycles. The van der Waals surface area contributed by atoms with E-state index in [9.17, 15) is 9.59 Å². The Labute approximate surface area is 67.0 Å². The first-order chi connectivity index (χ1) is 5.70. The predicted molar refractivity (Wildman–Crippen MR) is 40.1 cm³/mol. The summed E-state index contributed by atoms with van der Waals surface area (Å²) < 4.78 is 5.25. The average Bonchev–Trinajstić information content (AvgIpc) is 2.06. The van der Waals surface area contributed by atoms with Crippen molar-refractivity contribution in [1.29, 1.82) is 0 Å². The molecule has 1 aromatic heterocycles. The monoisotopic (exact) mass is 172 g/mol. The van der Waals surface area contributed by atoms with E-state index >= 15 is 0 Å².